The molecule has 0 aliphatic rings. The van der Waals surface area contributed by atoms with Crippen LogP contribution in [0.3, 0.4) is 0 Å². The molecule has 0 N–H and O–H groups in total. The van der Waals surface area contributed by atoms with Gasteiger partial charge in [-0.2, -0.15) is 0 Å². The lowest BCUT2D eigenvalue weighted by atomic mass is 10.4. The monoisotopic (exact) mass is 237 g/mol. The fourth-order valence-electron chi connectivity index (χ4n) is 0.886. The van der Waals surface area contributed by atoms with Crippen molar-refractivity contribution in [3.05, 3.63) is 0 Å². The maximum absolute atomic E-state index is 5.44. The fourth-order valence-corrected chi connectivity index (χ4v) is 1.14. The van der Waals surface area contributed by atoms with Gasteiger partial charge in [-0.15, -0.1) is 0 Å². The van der Waals surface area contributed by atoms with E-state index in [-0.39, 0.29) is 0 Å². The standard InChI is InChI=1S/C9H20BrNO/c1-9(2)12-8-7-11(3)6-4-5-10/h9H,4-8H2,1-3H3. The largest absolute Gasteiger partial charge is 0.377 e. The summed E-state index contributed by atoms with van der Waals surface area (Å²) in [5.74, 6) is 0. The zero-order chi connectivity index (χ0) is 9.40. The van der Waals surface area contributed by atoms with Crippen LogP contribution in [-0.2, 0) is 4.74 Å². The third kappa shape index (κ3) is 8.50. The van der Waals surface area contributed by atoms with Crippen molar-refractivity contribution in [2.75, 3.05) is 32.1 Å². The third-order valence-corrected chi connectivity index (χ3v) is 2.16. The van der Waals surface area contributed by atoms with Gasteiger partial charge in [-0.1, -0.05) is 15.9 Å². The summed E-state index contributed by atoms with van der Waals surface area (Å²) < 4.78 is 5.44. The lowest BCUT2D eigenvalue weighted by Crippen LogP contribution is -2.25. The van der Waals surface area contributed by atoms with Crippen molar-refractivity contribution >= 4 is 15.9 Å². The smallest absolute Gasteiger partial charge is 0.0596 e. The highest BCUT2D eigenvalue weighted by Gasteiger charge is 1.98. The van der Waals surface area contributed by atoms with E-state index < -0.39 is 0 Å². The van der Waals surface area contributed by atoms with Crippen LogP contribution in [0.2, 0.25) is 0 Å². The van der Waals surface area contributed by atoms with E-state index in [1.807, 2.05) is 0 Å². The number of hydrogen-bond acceptors (Lipinski definition) is 2. The van der Waals surface area contributed by atoms with Gasteiger partial charge in [0.25, 0.3) is 0 Å². The molecule has 0 amide bonds. The van der Waals surface area contributed by atoms with Crippen LogP contribution in [0.5, 0.6) is 0 Å². The lowest BCUT2D eigenvalue weighted by Gasteiger charge is -2.16. The summed E-state index contributed by atoms with van der Waals surface area (Å²) in [5, 5.41) is 1.09. The molecule has 0 aliphatic heterocycles. The molecule has 0 radical (unpaired) electrons. The van der Waals surface area contributed by atoms with Crippen molar-refractivity contribution in [3.8, 4) is 0 Å². The lowest BCUT2D eigenvalue weighted by molar-refractivity contribution is 0.0640. The van der Waals surface area contributed by atoms with Crippen molar-refractivity contribution in [1.82, 2.24) is 4.90 Å². The molecular formula is C9H20BrNO. The van der Waals surface area contributed by atoms with Gasteiger partial charge < -0.3 is 9.64 Å². The minimum atomic E-state index is 0.356. The van der Waals surface area contributed by atoms with Crippen LogP contribution in [0.25, 0.3) is 0 Å². The summed E-state index contributed by atoms with van der Waals surface area (Å²) in [4.78, 5) is 2.30. The second-order valence-electron chi connectivity index (χ2n) is 3.27. The summed E-state index contributed by atoms with van der Waals surface area (Å²) in [5.41, 5.74) is 0. The molecule has 0 heterocycles. The van der Waals surface area contributed by atoms with Gasteiger partial charge in [0.05, 0.1) is 12.7 Å². The Hall–Kier alpha value is 0.400. The third-order valence-electron chi connectivity index (χ3n) is 1.60. The van der Waals surface area contributed by atoms with Crippen molar-refractivity contribution in [2.24, 2.45) is 0 Å². The Morgan fingerprint density at radius 2 is 2.00 bits per heavy atom. The predicted octanol–water partition coefficient (Wildman–Crippen LogP) is 2.13. The number of halogens is 1. The van der Waals surface area contributed by atoms with Crippen molar-refractivity contribution in [3.63, 3.8) is 0 Å². The first-order valence-electron chi connectivity index (χ1n) is 4.53. The first kappa shape index (κ1) is 12.4. The van der Waals surface area contributed by atoms with E-state index in [0.717, 1.165) is 25.0 Å². The van der Waals surface area contributed by atoms with Gasteiger partial charge in [0.1, 0.15) is 0 Å². The summed E-state index contributed by atoms with van der Waals surface area (Å²) in [6.07, 6.45) is 1.56. The van der Waals surface area contributed by atoms with E-state index in [4.69, 9.17) is 4.74 Å². The number of likely N-dealkylation sites (N-methyl/N-ethyl adjacent to an activating group) is 1. The van der Waals surface area contributed by atoms with Crippen LogP contribution in [0.1, 0.15) is 20.3 Å². The number of nitrogens with zero attached hydrogens (tertiary/aromatic N) is 1. The topological polar surface area (TPSA) is 12.5 Å². The number of alkyl halides is 1. The van der Waals surface area contributed by atoms with Crippen LogP contribution in [0.15, 0.2) is 0 Å². The fraction of sp³-hybridized carbons (Fsp3) is 1.00. The van der Waals surface area contributed by atoms with Gasteiger partial charge in [-0.25, -0.2) is 0 Å². The van der Waals surface area contributed by atoms with Gasteiger partial charge in [-0.3, -0.25) is 0 Å². The Labute approximate surface area is 84.4 Å². The Balaban J connectivity index is 3.13. The first-order valence-corrected chi connectivity index (χ1v) is 5.65. The Kier molecular flexibility index (Phi) is 8.29. The molecule has 2 nitrogen and oxygen atoms in total. The highest BCUT2D eigenvalue weighted by atomic mass is 79.9. The van der Waals surface area contributed by atoms with Crippen LogP contribution >= 0.6 is 15.9 Å². The minimum absolute atomic E-state index is 0.356. The van der Waals surface area contributed by atoms with E-state index in [1.165, 1.54) is 6.42 Å². The Bertz CT molecular complexity index is 98.5. The molecular weight excluding hydrogens is 218 g/mol. The summed E-state index contributed by atoms with van der Waals surface area (Å²) in [6, 6.07) is 0. The molecule has 0 bridgehead atoms. The number of hydrogen-bond donors (Lipinski definition) is 0. The maximum Gasteiger partial charge on any atom is 0.0596 e. The van der Waals surface area contributed by atoms with Crippen LogP contribution in [0, 0.1) is 0 Å². The van der Waals surface area contributed by atoms with Crippen molar-refractivity contribution in [1.29, 1.82) is 0 Å². The van der Waals surface area contributed by atoms with Gasteiger partial charge in [0.2, 0.25) is 0 Å². The van der Waals surface area contributed by atoms with Gasteiger partial charge in [0.15, 0.2) is 0 Å². The molecule has 0 rings (SSSR count). The van der Waals surface area contributed by atoms with E-state index in [0.29, 0.717) is 6.10 Å². The molecule has 74 valence electrons. The SMILES string of the molecule is CC(C)OCCN(C)CCCBr. The van der Waals surface area contributed by atoms with Crippen LogP contribution in [0.4, 0.5) is 0 Å². The predicted molar refractivity (Wildman–Crippen MR) is 57.0 cm³/mol. The van der Waals surface area contributed by atoms with E-state index in [2.05, 4.69) is 41.7 Å². The van der Waals surface area contributed by atoms with E-state index in [1.54, 1.807) is 0 Å². The first-order chi connectivity index (χ1) is 5.66. The van der Waals surface area contributed by atoms with Crippen LogP contribution < -0.4 is 0 Å². The molecule has 12 heavy (non-hydrogen) atoms. The zero-order valence-corrected chi connectivity index (χ0v) is 9.93. The van der Waals surface area contributed by atoms with E-state index >= 15 is 0 Å². The molecule has 0 aliphatic carbocycles. The Morgan fingerprint density at radius 1 is 1.33 bits per heavy atom. The second kappa shape index (κ2) is 8.02. The molecule has 3 heteroatoms. The number of rotatable bonds is 7. The molecule has 0 spiro atoms. The van der Waals surface area contributed by atoms with E-state index in [9.17, 15) is 0 Å². The molecule has 0 saturated heterocycles. The zero-order valence-electron chi connectivity index (χ0n) is 8.35. The van der Waals surface area contributed by atoms with Gasteiger partial charge >= 0.3 is 0 Å². The average molecular weight is 238 g/mol. The van der Waals surface area contributed by atoms with Crippen molar-refractivity contribution < 1.29 is 4.74 Å². The van der Waals surface area contributed by atoms with Gasteiger partial charge in [-0.05, 0) is 33.9 Å². The Morgan fingerprint density at radius 3 is 2.50 bits per heavy atom. The van der Waals surface area contributed by atoms with Gasteiger partial charge in [0, 0.05) is 11.9 Å². The highest BCUT2D eigenvalue weighted by Crippen LogP contribution is 1.93. The van der Waals surface area contributed by atoms with Crippen molar-refractivity contribution in [2.45, 2.75) is 26.4 Å². The normalized spacial score (nSPS) is 11.5. The maximum atomic E-state index is 5.44. The molecule has 0 fully saturated rings. The average Bonchev–Trinajstić information content (AvgIpc) is 2.00. The summed E-state index contributed by atoms with van der Waals surface area (Å²) >= 11 is 3.41. The molecule has 0 aromatic rings. The molecule has 0 atom stereocenters. The minimum Gasteiger partial charge on any atom is -0.377 e. The molecule has 0 aromatic carbocycles. The highest BCUT2D eigenvalue weighted by molar-refractivity contribution is 9.09. The van der Waals surface area contributed by atoms with Crippen LogP contribution in [-0.4, -0.2) is 43.1 Å². The summed E-state index contributed by atoms with van der Waals surface area (Å²) in [6.45, 7) is 7.16. The molecule has 0 aromatic heterocycles. The second-order valence-corrected chi connectivity index (χ2v) is 4.06. The summed E-state index contributed by atoms with van der Waals surface area (Å²) in [7, 11) is 2.13. The quantitative estimate of drug-likeness (QED) is 0.630. The molecule has 0 saturated carbocycles. The molecule has 0 unspecified atom stereocenters. The number of ether oxygens (including phenoxy) is 1.